The summed E-state index contributed by atoms with van der Waals surface area (Å²) in [6.45, 7) is 0. The van der Waals surface area contributed by atoms with Crippen LogP contribution in [-0.2, 0) is 0 Å². The first-order valence-corrected chi connectivity index (χ1v) is 17.3. The number of fused-ring (bicyclic) bond motifs is 6. The van der Waals surface area contributed by atoms with Gasteiger partial charge in [0.1, 0.15) is 0 Å². The van der Waals surface area contributed by atoms with Gasteiger partial charge in [-0.15, -0.1) is 0 Å². The summed E-state index contributed by atoms with van der Waals surface area (Å²) in [5, 5.41) is 7.50. The highest BCUT2D eigenvalue weighted by Crippen LogP contribution is 2.39. The molecule has 0 unspecified atom stereocenters. The molecule has 0 aliphatic rings. The largest absolute Gasteiger partial charge is 0.309 e. The maximum atomic E-state index is 5.06. The Hall–Kier alpha value is -6.84. The van der Waals surface area contributed by atoms with Crippen LogP contribution in [0.5, 0.6) is 0 Å². The number of rotatable bonds is 5. The third-order valence-electron chi connectivity index (χ3n) is 9.99. The molecule has 0 bridgehead atoms. The second-order valence-corrected chi connectivity index (χ2v) is 13.1. The Morgan fingerprint density at radius 1 is 0.333 bits per heavy atom. The molecule has 3 nitrogen and oxygen atoms in total. The Balaban J connectivity index is 1.11. The summed E-state index contributed by atoms with van der Waals surface area (Å²) in [6.07, 6.45) is 0. The lowest BCUT2D eigenvalue weighted by molar-refractivity contribution is 1.16. The van der Waals surface area contributed by atoms with Gasteiger partial charge in [-0.25, -0.2) is 9.97 Å². The maximum absolute atomic E-state index is 5.06. The SMILES string of the molecule is c1ccc(-c2cc(-c3ccccc3)nc(-c3ccc(-n4c5ccccc5c5c6cc(-c7ccc8ccccc8c7)ccc6ccc54)cc3)n2)cc1. The minimum atomic E-state index is 0.705. The van der Waals surface area contributed by atoms with E-state index in [1.54, 1.807) is 0 Å². The summed E-state index contributed by atoms with van der Waals surface area (Å²) >= 11 is 0. The molecular weight excluding hydrogens is 619 g/mol. The Morgan fingerprint density at radius 3 is 1.63 bits per heavy atom. The van der Waals surface area contributed by atoms with E-state index < -0.39 is 0 Å². The lowest BCUT2D eigenvalue weighted by Gasteiger charge is -2.12. The molecule has 8 aromatic carbocycles. The van der Waals surface area contributed by atoms with Crippen molar-refractivity contribution in [2.45, 2.75) is 0 Å². The van der Waals surface area contributed by atoms with Gasteiger partial charge < -0.3 is 4.57 Å². The van der Waals surface area contributed by atoms with Crippen molar-refractivity contribution >= 4 is 43.4 Å². The minimum Gasteiger partial charge on any atom is -0.309 e. The van der Waals surface area contributed by atoms with Gasteiger partial charge in [-0.2, -0.15) is 0 Å². The molecule has 51 heavy (non-hydrogen) atoms. The molecule has 0 amide bonds. The fourth-order valence-corrected chi connectivity index (χ4v) is 7.46. The van der Waals surface area contributed by atoms with Crippen LogP contribution in [0.4, 0.5) is 0 Å². The fourth-order valence-electron chi connectivity index (χ4n) is 7.46. The first-order chi connectivity index (χ1) is 25.3. The van der Waals surface area contributed by atoms with Crippen molar-refractivity contribution in [3.63, 3.8) is 0 Å². The van der Waals surface area contributed by atoms with Crippen molar-refractivity contribution in [3.05, 3.63) is 188 Å². The summed E-state index contributed by atoms with van der Waals surface area (Å²) in [6, 6.07) is 66.8. The van der Waals surface area contributed by atoms with Crippen molar-refractivity contribution in [2.24, 2.45) is 0 Å². The quantitative estimate of drug-likeness (QED) is 0.186. The normalized spacial score (nSPS) is 11.5. The maximum Gasteiger partial charge on any atom is 0.160 e. The van der Waals surface area contributed by atoms with Gasteiger partial charge in [0.15, 0.2) is 5.82 Å². The highest BCUT2D eigenvalue weighted by atomic mass is 15.0. The number of hydrogen-bond donors (Lipinski definition) is 0. The molecule has 2 aromatic heterocycles. The van der Waals surface area contributed by atoms with Crippen LogP contribution in [0.3, 0.4) is 0 Å². The molecule has 0 radical (unpaired) electrons. The van der Waals surface area contributed by atoms with E-state index in [-0.39, 0.29) is 0 Å². The van der Waals surface area contributed by atoms with E-state index in [0.29, 0.717) is 5.82 Å². The molecule has 238 valence electrons. The van der Waals surface area contributed by atoms with Gasteiger partial charge in [-0.05, 0) is 87.3 Å². The van der Waals surface area contributed by atoms with Gasteiger partial charge in [-0.1, -0.05) is 133 Å². The number of hydrogen-bond acceptors (Lipinski definition) is 2. The van der Waals surface area contributed by atoms with E-state index in [1.165, 1.54) is 54.5 Å². The second kappa shape index (κ2) is 11.9. The van der Waals surface area contributed by atoms with Crippen LogP contribution in [0.2, 0.25) is 0 Å². The molecule has 3 heteroatoms. The Kier molecular flexibility index (Phi) is 6.81. The Bertz CT molecular complexity index is 2830. The van der Waals surface area contributed by atoms with Gasteiger partial charge in [0.05, 0.1) is 22.4 Å². The topological polar surface area (TPSA) is 30.7 Å². The zero-order valence-corrected chi connectivity index (χ0v) is 27.7. The molecule has 10 aromatic rings. The van der Waals surface area contributed by atoms with Crippen LogP contribution in [0.1, 0.15) is 0 Å². The summed E-state index contributed by atoms with van der Waals surface area (Å²) in [7, 11) is 0. The van der Waals surface area contributed by atoms with E-state index in [2.05, 4.69) is 156 Å². The van der Waals surface area contributed by atoms with Crippen molar-refractivity contribution in [1.29, 1.82) is 0 Å². The number of nitrogens with zero attached hydrogens (tertiary/aromatic N) is 3. The third kappa shape index (κ3) is 5.06. The smallest absolute Gasteiger partial charge is 0.160 e. The average molecular weight is 650 g/mol. The van der Waals surface area contributed by atoms with Crippen LogP contribution in [-0.4, -0.2) is 14.5 Å². The molecule has 0 saturated carbocycles. The molecule has 0 aliphatic carbocycles. The van der Waals surface area contributed by atoms with E-state index in [9.17, 15) is 0 Å². The molecule has 0 fully saturated rings. The van der Waals surface area contributed by atoms with Crippen LogP contribution < -0.4 is 0 Å². The summed E-state index contributed by atoms with van der Waals surface area (Å²) < 4.78 is 2.38. The van der Waals surface area contributed by atoms with E-state index in [4.69, 9.17) is 9.97 Å². The molecule has 10 rings (SSSR count). The van der Waals surface area contributed by atoms with Crippen LogP contribution >= 0.6 is 0 Å². The van der Waals surface area contributed by atoms with Crippen molar-refractivity contribution in [2.75, 3.05) is 0 Å². The number of aromatic nitrogens is 3. The monoisotopic (exact) mass is 649 g/mol. The molecule has 0 spiro atoms. The zero-order chi connectivity index (χ0) is 33.7. The van der Waals surface area contributed by atoms with Gasteiger partial charge in [0.25, 0.3) is 0 Å². The highest BCUT2D eigenvalue weighted by Gasteiger charge is 2.16. The van der Waals surface area contributed by atoms with Gasteiger partial charge in [-0.3, -0.25) is 0 Å². The summed E-state index contributed by atoms with van der Waals surface area (Å²) in [4.78, 5) is 10.1. The predicted octanol–water partition coefficient (Wildman–Crippen LogP) is 12.5. The molecule has 0 atom stereocenters. The van der Waals surface area contributed by atoms with Gasteiger partial charge in [0.2, 0.25) is 0 Å². The predicted molar refractivity (Wildman–Crippen MR) is 213 cm³/mol. The minimum absolute atomic E-state index is 0.705. The van der Waals surface area contributed by atoms with Crippen LogP contribution in [0, 0.1) is 0 Å². The van der Waals surface area contributed by atoms with Gasteiger partial charge in [0, 0.05) is 33.2 Å². The number of benzene rings is 8. The highest BCUT2D eigenvalue weighted by molar-refractivity contribution is 6.21. The first kappa shape index (κ1) is 29.1. The molecule has 0 aliphatic heterocycles. The average Bonchev–Trinajstić information content (AvgIpc) is 3.56. The molecular formula is C48H31N3. The first-order valence-electron chi connectivity index (χ1n) is 17.3. The van der Waals surface area contributed by atoms with E-state index in [0.717, 1.165) is 33.8 Å². The number of para-hydroxylation sites is 1. The van der Waals surface area contributed by atoms with Crippen LogP contribution in [0.15, 0.2) is 188 Å². The zero-order valence-electron chi connectivity index (χ0n) is 27.7. The standard InChI is InChI=1S/C48H31N3/c1-3-12-34(13-4-1)43-31-44(35-14-5-2-6-15-35)50-48(49-43)36-23-26-40(27-24-36)51-45-18-10-9-17-41(45)47-42-30-39(22-20-33(42)25-28-46(47)51)38-21-19-32-11-7-8-16-37(32)29-38/h1-31H. The van der Waals surface area contributed by atoms with Gasteiger partial charge >= 0.3 is 0 Å². The molecule has 0 saturated heterocycles. The third-order valence-corrected chi connectivity index (χ3v) is 9.99. The second-order valence-electron chi connectivity index (χ2n) is 13.1. The molecule has 2 heterocycles. The summed E-state index contributed by atoms with van der Waals surface area (Å²) in [5.74, 6) is 0.705. The lowest BCUT2D eigenvalue weighted by atomic mass is 9.96. The van der Waals surface area contributed by atoms with Crippen molar-refractivity contribution in [3.8, 4) is 50.7 Å². The lowest BCUT2D eigenvalue weighted by Crippen LogP contribution is -1.97. The van der Waals surface area contributed by atoms with Crippen LogP contribution in [0.25, 0.3) is 94.1 Å². The van der Waals surface area contributed by atoms with Crippen molar-refractivity contribution in [1.82, 2.24) is 14.5 Å². The van der Waals surface area contributed by atoms with Crippen molar-refractivity contribution < 1.29 is 0 Å². The Labute approximate surface area is 295 Å². The van der Waals surface area contributed by atoms with E-state index >= 15 is 0 Å². The van der Waals surface area contributed by atoms with E-state index in [1.807, 2.05) is 36.4 Å². The summed E-state index contributed by atoms with van der Waals surface area (Å²) in [5.41, 5.74) is 10.8. The Morgan fingerprint density at radius 2 is 0.902 bits per heavy atom. The molecule has 0 N–H and O–H groups in total. The fraction of sp³-hybridized carbons (Fsp3) is 0.